The van der Waals surface area contributed by atoms with Crippen LogP contribution in [0.2, 0.25) is 5.02 Å². The number of hydrogen-bond donors (Lipinski definition) is 2. The van der Waals surface area contributed by atoms with Gasteiger partial charge in [-0.05, 0) is 31.0 Å². The van der Waals surface area contributed by atoms with Gasteiger partial charge in [-0.1, -0.05) is 23.7 Å². The lowest BCUT2D eigenvalue weighted by Gasteiger charge is -2.32. The highest BCUT2D eigenvalue weighted by Gasteiger charge is 2.22. The molecule has 0 aromatic heterocycles. The van der Waals surface area contributed by atoms with E-state index >= 15 is 0 Å². The van der Waals surface area contributed by atoms with Crippen LogP contribution in [-0.2, 0) is 6.54 Å². The normalized spacial score (nSPS) is 20.9. The molecule has 3 N–H and O–H groups in total. The van der Waals surface area contributed by atoms with Crippen LogP contribution in [0.25, 0.3) is 0 Å². The number of halogens is 2. The third-order valence-electron chi connectivity index (χ3n) is 3.37. The minimum Gasteiger partial charge on any atom is -0.387 e. The first-order valence-corrected chi connectivity index (χ1v) is 6.45. The van der Waals surface area contributed by atoms with Crippen LogP contribution in [0.3, 0.4) is 0 Å². The molecule has 98 valence electrons. The number of nitrogens with zero attached hydrogens (tertiary/aromatic N) is 1. The van der Waals surface area contributed by atoms with Gasteiger partial charge in [0.1, 0.15) is 5.82 Å². The summed E-state index contributed by atoms with van der Waals surface area (Å²) in [7, 11) is 0. The molecule has 1 aromatic carbocycles. The Morgan fingerprint density at radius 1 is 1.56 bits per heavy atom. The van der Waals surface area contributed by atoms with Gasteiger partial charge in [-0.2, -0.15) is 0 Å². The van der Waals surface area contributed by atoms with Crippen LogP contribution in [-0.4, -0.2) is 23.8 Å². The summed E-state index contributed by atoms with van der Waals surface area (Å²) in [5, 5.41) is 7.70. The number of piperidine rings is 1. The summed E-state index contributed by atoms with van der Waals surface area (Å²) >= 11 is 5.94. The molecule has 1 saturated heterocycles. The average molecular weight is 270 g/mol. The molecular formula is C13H17ClFN3. The Morgan fingerprint density at radius 3 is 3.06 bits per heavy atom. The van der Waals surface area contributed by atoms with Crippen molar-refractivity contribution in [2.24, 2.45) is 11.7 Å². The first-order chi connectivity index (χ1) is 8.58. The first-order valence-electron chi connectivity index (χ1n) is 6.07. The zero-order valence-electron chi connectivity index (χ0n) is 10.1. The van der Waals surface area contributed by atoms with E-state index in [0.29, 0.717) is 6.54 Å². The van der Waals surface area contributed by atoms with Gasteiger partial charge >= 0.3 is 0 Å². The van der Waals surface area contributed by atoms with E-state index in [1.165, 1.54) is 6.07 Å². The van der Waals surface area contributed by atoms with E-state index in [1.807, 2.05) is 6.07 Å². The molecule has 1 atom stereocenters. The molecule has 1 fully saturated rings. The van der Waals surface area contributed by atoms with Crippen molar-refractivity contribution in [3.05, 3.63) is 34.6 Å². The molecule has 5 heteroatoms. The second kappa shape index (κ2) is 5.67. The number of benzene rings is 1. The first kappa shape index (κ1) is 13.3. The van der Waals surface area contributed by atoms with E-state index in [4.69, 9.17) is 22.7 Å². The smallest absolute Gasteiger partial charge is 0.142 e. The third kappa shape index (κ3) is 3.00. The molecule has 3 nitrogen and oxygen atoms in total. The van der Waals surface area contributed by atoms with Crippen molar-refractivity contribution in [1.82, 2.24) is 4.90 Å². The lowest BCUT2D eigenvalue weighted by molar-refractivity contribution is 0.195. The number of rotatable bonds is 3. The zero-order chi connectivity index (χ0) is 13.1. The number of amidine groups is 1. The molecule has 0 amide bonds. The molecule has 0 radical (unpaired) electrons. The van der Waals surface area contributed by atoms with Gasteiger partial charge in [0.25, 0.3) is 0 Å². The Morgan fingerprint density at radius 2 is 2.33 bits per heavy atom. The van der Waals surface area contributed by atoms with Crippen LogP contribution in [0.15, 0.2) is 18.2 Å². The fourth-order valence-corrected chi connectivity index (χ4v) is 2.55. The van der Waals surface area contributed by atoms with Gasteiger partial charge in [0.15, 0.2) is 0 Å². The molecule has 0 aliphatic carbocycles. The second-order valence-electron chi connectivity index (χ2n) is 4.74. The van der Waals surface area contributed by atoms with Gasteiger partial charge < -0.3 is 5.73 Å². The number of hydrogen-bond acceptors (Lipinski definition) is 2. The van der Waals surface area contributed by atoms with Gasteiger partial charge in [-0.3, -0.25) is 10.3 Å². The Hall–Kier alpha value is -1.13. The van der Waals surface area contributed by atoms with E-state index in [9.17, 15) is 4.39 Å². The van der Waals surface area contributed by atoms with Crippen molar-refractivity contribution in [2.75, 3.05) is 13.1 Å². The number of likely N-dealkylation sites (tertiary alicyclic amines) is 1. The monoisotopic (exact) mass is 269 g/mol. The van der Waals surface area contributed by atoms with Crippen LogP contribution in [0.1, 0.15) is 18.4 Å². The summed E-state index contributed by atoms with van der Waals surface area (Å²) in [6.07, 6.45) is 1.97. The zero-order valence-corrected chi connectivity index (χ0v) is 10.9. The summed E-state index contributed by atoms with van der Waals surface area (Å²) in [6.45, 7) is 2.30. The molecule has 0 spiro atoms. The molecule has 1 aliphatic rings. The van der Waals surface area contributed by atoms with Gasteiger partial charge in [-0.25, -0.2) is 4.39 Å². The molecule has 1 unspecified atom stereocenters. The summed E-state index contributed by atoms with van der Waals surface area (Å²) in [4.78, 5) is 2.18. The summed E-state index contributed by atoms with van der Waals surface area (Å²) < 4.78 is 13.3. The molecule has 1 aliphatic heterocycles. The highest BCUT2D eigenvalue weighted by atomic mass is 35.5. The van der Waals surface area contributed by atoms with Gasteiger partial charge in [-0.15, -0.1) is 0 Å². The van der Waals surface area contributed by atoms with Crippen molar-refractivity contribution < 1.29 is 4.39 Å². The minimum absolute atomic E-state index is 0.117. The molecule has 1 heterocycles. The largest absolute Gasteiger partial charge is 0.387 e. The van der Waals surface area contributed by atoms with Gasteiger partial charge in [0.2, 0.25) is 0 Å². The highest BCUT2D eigenvalue weighted by Crippen LogP contribution is 2.24. The SMILES string of the molecule is N=C(N)C1CCCN(Cc2cccc(F)c2Cl)C1. The predicted molar refractivity (Wildman–Crippen MR) is 71.3 cm³/mol. The second-order valence-corrected chi connectivity index (χ2v) is 5.12. The highest BCUT2D eigenvalue weighted by molar-refractivity contribution is 6.31. The van der Waals surface area contributed by atoms with E-state index in [-0.39, 0.29) is 22.6 Å². The third-order valence-corrected chi connectivity index (χ3v) is 3.79. The summed E-state index contributed by atoms with van der Waals surface area (Å²) in [5.74, 6) is -0.0228. The Bertz CT molecular complexity index is 450. The van der Waals surface area contributed by atoms with Crippen molar-refractivity contribution in [2.45, 2.75) is 19.4 Å². The summed E-state index contributed by atoms with van der Waals surface area (Å²) in [6, 6.07) is 4.87. The fraction of sp³-hybridized carbons (Fsp3) is 0.462. The van der Waals surface area contributed by atoms with Crippen LogP contribution < -0.4 is 5.73 Å². The fourth-order valence-electron chi connectivity index (χ4n) is 2.36. The Labute approximate surface area is 111 Å². The maximum atomic E-state index is 13.3. The quantitative estimate of drug-likeness (QED) is 0.655. The standard InChI is InChI=1S/C13H17ClFN3/c14-12-9(3-1-5-11(12)15)7-18-6-2-4-10(8-18)13(16)17/h1,3,5,10H,2,4,6-8H2,(H3,16,17). The predicted octanol–water partition coefficient (Wildman–Crippen LogP) is 2.63. The van der Waals surface area contributed by atoms with Crippen LogP contribution in [0, 0.1) is 17.1 Å². The molecule has 0 saturated carbocycles. The van der Waals surface area contributed by atoms with E-state index in [1.54, 1.807) is 6.07 Å². The van der Waals surface area contributed by atoms with Gasteiger partial charge in [0.05, 0.1) is 10.9 Å². The van der Waals surface area contributed by atoms with E-state index in [2.05, 4.69) is 4.90 Å². The van der Waals surface area contributed by atoms with Crippen LogP contribution >= 0.6 is 11.6 Å². The molecule has 2 rings (SSSR count). The van der Waals surface area contributed by atoms with Crippen molar-refractivity contribution >= 4 is 17.4 Å². The van der Waals surface area contributed by atoms with Crippen molar-refractivity contribution in [3.63, 3.8) is 0 Å². The van der Waals surface area contributed by atoms with E-state index in [0.717, 1.165) is 31.5 Å². The Kier molecular flexibility index (Phi) is 4.19. The average Bonchev–Trinajstić information content (AvgIpc) is 2.35. The minimum atomic E-state index is -0.380. The topological polar surface area (TPSA) is 53.1 Å². The van der Waals surface area contributed by atoms with Crippen molar-refractivity contribution in [1.29, 1.82) is 5.41 Å². The molecular weight excluding hydrogens is 253 g/mol. The van der Waals surface area contributed by atoms with Crippen LogP contribution in [0.5, 0.6) is 0 Å². The molecule has 1 aromatic rings. The lowest BCUT2D eigenvalue weighted by Crippen LogP contribution is -2.40. The van der Waals surface area contributed by atoms with Gasteiger partial charge in [0, 0.05) is 19.0 Å². The molecule has 18 heavy (non-hydrogen) atoms. The lowest BCUT2D eigenvalue weighted by atomic mass is 9.96. The number of nitrogens with two attached hydrogens (primary N) is 1. The Balaban J connectivity index is 2.05. The maximum absolute atomic E-state index is 13.3. The maximum Gasteiger partial charge on any atom is 0.142 e. The van der Waals surface area contributed by atoms with E-state index < -0.39 is 0 Å². The molecule has 0 bridgehead atoms. The number of nitrogens with one attached hydrogen (secondary N) is 1. The van der Waals surface area contributed by atoms with Crippen LogP contribution in [0.4, 0.5) is 4.39 Å². The summed E-state index contributed by atoms with van der Waals surface area (Å²) in [5.41, 5.74) is 6.34. The van der Waals surface area contributed by atoms with Crippen molar-refractivity contribution in [3.8, 4) is 0 Å².